The molecule has 4 rings (SSSR count). The van der Waals surface area contributed by atoms with Crippen LogP contribution in [0, 0.1) is 0 Å². The van der Waals surface area contributed by atoms with Crippen molar-refractivity contribution in [2.24, 2.45) is 4.99 Å². The molecule has 1 atom stereocenters. The Kier molecular flexibility index (Phi) is 7.21. The number of aliphatic imine (C=N–C) groups is 1. The zero-order valence-electron chi connectivity index (χ0n) is 18.9. The van der Waals surface area contributed by atoms with Crippen molar-refractivity contribution in [1.82, 2.24) is 24.8 Å². The molecule has 10 nitrogen and oxygen atoms in total. The number of anilines is 1. The van der Waals surface area contributed by atoms with Crippen LogP contribution in [0.3, 0.4) is 0 Å². The van der Waals surface area contributed by atoms with Crippen LogP contribution >= 0.6 is 11.8 Å². The molecule has 0 saturated heterocycles. The summed E-state index contributed by atoms with van der Waals surface area (Å²) in [6.07, 6.45) is 1.84. The Morgan fingerprint density at radius 2 is 1.94 bits per heavy atom. The van der Waals surface area contributed by atoms with Crippen molar-refractivity contribution >= 4 is 46.0 Å². The molecule has 1 aliphatic rings. The van der Waals surface area contributed by atoms with E-state index in [2.05, 4.69) is 25.8 Å². The number of fused-ring (bicyclic) bond motifs is 1. The number of carbonyl (C=O) groups excluding carboxylic acids is 3. The second-order valence-electron chi connectivity index (χ2n) is 7.57. The van der Waals surface area contributed by atoms with E-state index < -0.39 is 5.25 Å². The number of hydrogen-bond acceptors (Lipinski definition) is 7. The Balaban J connectivity index is 1.33. The Bertz CT molecular complexity index is 1250. The summed E-state index contributed by atoms with van der Waals surface area (Å²) in [6.45, 7) is 5.69. The van der Waals surface area contributed by atoms with Crippen LogP contribution in [0.4, 0.5) is 5.69 Å². The molecule has 1 aliphatic heterocycles. The quantitative estimate of drug-likeness (QED) is 0.509. The highest BCUT2D eigenvalue weighted by Crippen LogP contribution is 2.27. The van der Waals surface area contributed by atoms with E-state index in [0.29, 0.717) is 27.9 Å². The van der Waals surface area contributed by atoms with E-state index in [0.717, 1.165) is 13.1 Å². The molecule has 1 unspecified atom stereocenters. The molecule has 0 aliphatic carbocycles. The van der Waals surface area contributed by atoms with Gasteiger partial charge in [0.2, 0.25) is 5.91 Å². The summed E-state index contributed by atoms with van der Waals surface area (Å²) in [5.74, 6) is -0.300. The van der Waals surface area contributed by atoms with E-state index in [-0.39, 0.29) is 30.7 Å². The van der Waals surface area contributed by atoms with Gasteiger partial charge in [0.05, 0.1) is 6.54 Å². The minimum absolute atomic E-state index is 0.00808. The molecule has 0 radical (unpaired) electrons. The fourth-order valence-electron chi connectivity index (χ4n) is 3.53. The highest BCUT2D eigenvalue weighted by atomic mass is 32.2. The summed E-state index contributed by atoms with van der Waals surface area (Å²) in [5, 5.41) is 13.9. The molecule has 176 valence electrons. The van der Waals surface area contributed by atoms with E-state index in [1.165, 1.54) is 11.8 Å². The maximum absolute atomic E-state index is 12.6. The number of benzene rings is 1. The molecule has 34 heavy (non-hydrogen) atoms. The molecule has 2 aromatic heterocycles. The summed E-state index contributed by atoms with van der Waals surface area (Å²) in [6, 6.07) is 12.2. The van der Waals surface area contributed by atoms with Crippen LogP contribution in [0.2, 0.25) is 0 Å². The number of carbonyl (C=O) groups is 3. The molecular weight excluding hydrogens is 454 g/mol. The van der Waals surface area contributed by atoms with Gasteiger partial charge < -0.3 is 15.5 Å². The third-order valence-electron chi connectivity index (χ3n) is 5.33. The molecule has 1 aromatic carbocycles. The molecule has 11 heteroatoms. The maximum atomic E-state index is 12.6. The molecule has 0 bridgehead atoms. The van der Waals surface area contributed by atoms with Crippen molar-refractivity contribution in [2.75, 3.05) is 18.4 Å². The lowest BCUT2D eigenvalue weighted by Crippen LogP contribution is -2.28. The van der Waals surface area contributed by atoms with Gasteiger partial charge in [-0.25, -0.2) is 0 Å². The van der Waals surface area contributed by atoms with E-state index in [1.54, 1.807) is 28.7 Å². The minimum Gasteiger partial charge on any atom is -0.352 e. The van der Waals surface area contributed by atoms with Crippen molar-refractivity contribution in [2.45, 2.75) is 32.1 Å². The molecule has 2 N–H and O–H groups in total. The topological polar surface area (TPSA) is 121 Å². The zero-order chi connectivity index (χ0) is 24.1. The second kappa shape index (κ2) is 10.5. The first-order valence-electron chi connectivity index (χ1n) is 11.0. The number of amides is 3. The average Bonchev–Trinajstić information content (AvgIpc) is 3.41. The van der Waals surface area contributed by atoms with E-state index in [4.69, 9.17) is 0 Å². The van der Waals surface area contributed by atoms with Crippen LogP contribution in [-0.2, 0) is 16.1 Å². The SMILES string of the molecule is CCN(CC)C1=NC(=O)C(CC(=O)Nc2cccc(C(=O)NCc3nnc4ccccn34)c2)S1. The lowest BCUT2D eigenvalue weighted by Gasteiger charge is -2.19. The smallest absolute Gasteiger partial charge is 0.262 e. The summed E-state index contributed by atoms with van der Waals surface area (Å²) >= 11 is 1.32. The fraction of sp³-hybridized carbons (Fsp3) is 0.304. The van der Waals surface area contributed by atoms with Gasteiger partial charge in [0, 0.05) is 37.0 Å². The van der Waals surface area contributed by atoms with Gasteiger partial charge in [-0.05, 0) is 44.2 Å². The maximum Gasteiger partial charge on any atom is 0.262 e. The number of aromatic nitrogens is 3. The van der Waals surface area contributed by atoms with Crippen molar-refractivity contribution in [3.63, 3.8) is 0 Å². The summed E-state index contributed by atoms with van der Waals surface area (Å²) in [4.78, 5) is 43.5. The van der Waals surface area contributed by atoms with Crippen LogP contribution in [-0.4, -0.2) is 60.7 Å². The van der Waals surface area contributed by atoms with Crippen molar-refractivity contribution in [3.05, 3.63) is 60.0 Å². The number of amidine groups is 1. The van der Waals surface area contributed by atoms with Gasteiger partial charge in [-0.1, -0.05) is 23.9 Å². The first kappa shape index (κ1) is 23.4. The molecule has 0 fully saturated rings. The summed E-state index contributed by atoms with van der Waals surface area (Å²) in [5.41, 5.74) is 1.57. The van der Waals surface area contributed by atoms with Gasteiger partial charge in [-0.15, -0.1) is 10.2 Å². The first-order chi connectivity index (χ1) is 16.5. The van der Waals surface area contributed by atoms with E-state index >= 15 is 0 Å². The molecule has 0 saturated carbocycles. The van der Waals surface area contributed by atoms with Crippen molar-refractivity contribution in [1.29, 1.82) is 0 Å². The molecular formula is C23H25N7O3S. The Morgan fingerprint density at radius 1 is 1.12 bits per heavy atom. The summed E-state index contributed by atoms with van der Waals surface area (Å²) in [7, 11) is 0. The molecule has 3 aromatic rings. The minimum atomic E-state index is -0.542. The number of rotatable bonds is 8. The third-order valence-corrected chi connectivity index (χ3v) is 6.55. The Hall–Kier alpha value is -3.73. The van der Waals surface area contributed by atoms with Crippen LogP contribution in [0.5, 0.6) is 0 Å². The van der Waals surface area contributed by atoms with E-state index in [9.17, 15) is 14.4 Å². The normalized spacial score (nSPS) is 15.3. The number of pyridine rings is 1. The van der Waals surface area contributed by atoms with Crippen LogP contribution in [0.25, 0.3) is 5.65 Å². The van der Waals surface area contributed by atoms with Crippen molar-refractivity contribution in [3.8, 4) is 0 Å². The average molecular weight is 480 g/mol. The highest BCUT2D eigenvalue weighted by molar-refractivity contribution is 8.15. The molecule has 3 heterocycles. The van der Waals surface area contributed by atoms with Crippen LogP contribution in [0.1, 0.15) is 36.5 Å². The molecule has 3 amide bonds. The Morgan fingerprint density at radius 3 is 2.74 bits per heavy atom. The number of nitrogens with zero attached hydrogens (tertiary/aromatic N) is 5. The monoisotopic (exact) mass is 479 g/mol. The largest absolute Gasteiger partial charge is 0.352 e. The van der Waals surface area contributed by atoms with Gasteiger partial charge in [-0.2, -0.15) is 4.99 Å². The fourth-order valence-corrected chi connectivity index (χ4v) is 4.72. The van der Waals surface area contributed by atoms with Gasteiger partial charge in [0.1, 0.15) is 5.25 Å². The predicted octanol–water partition coefficient (Wildman–Crippen LogP) is 2.33. The van der Waals surface area contributed by atoms with Crippen LogP contribution in [0.15, 0.2) is 53.7 Å². The number of hydrogen-bond donors (Lipinski definition) is 2. The van der Waals surface area contributed by atoms with Crippen molar-refractivity contribution < 1.29 is 14.4 Å². The number of thioether (sulfide) groups is 1. The van der Waals surface area contributed by atoms with E-state index in [1.807, 2.05) is 43.1 Å². The lowest BCUT2D eigenvalue weighted by molar-refractivity contribution is -0.121. The first-order valence-corrected chi connectivity index (χ1v) is 11.9. The van der Waals surface area contributed by atoms with Crippen LogP contribution < -0.4 is 10.6 Å². The number of nitrogens with one attached hydrogen (secondary N) is 2. The highest BCUT2D eigenvalue weighted by Gasteiger charge is 2.32. The zero-order valence-corrected chi connectivity index (χ0v) is 19.7. The molecule has 0 spiro atoms. The van der Waals surface area contributed by atoms with Gasteiger partial charge in [0.15, 0.2) is 16.6 Å². The Labute approximate surface area is 200 Å². The lowest BCUT2D eigenvalue weighted by atomic mass is 10.1. The second-order valence-corrected chi connectivity index (χ2v) is 8.74. The third kappa shape index (κ3) is 5.25. The van der Waals surface area contributed by atoms with Gasteiger partial charge >= 0.3 is 0 Å². The predicted molar refractivity (Wildman–Crippen MR) is 131 cm³/mol. The standard InChI is InChI=1S/C23H25N7O3S/c1-3-29(4-2)23-26-22(33)17(34-23)13-20(31)25-16-9-7-8-15(12-16)21(32)24-14-19-28-27-18-10-5-6-11-30(18)19/h5-12,17H,3-4,13-14H2,1-2H3,(H,24,32)(H,25,31). The van der Waals surface area contributed by atoms with Gasteiger partial charge in [-0.3, -0.25) is 18.8 Å². The summed E-state index contributed by atoms with van der Waals surface area (Å²) < 4.78 is 1.80. The van der Waals surface area contributed by atoms with Gasteiger partial charge in [0.25, 0.3) is 11.8 Å².